The number of aromatic nitrogens is 1. The molecule has 0 bridgehead atoms. The minimum Gasteiger partial charge on any atom is -0.397 e. The Morgan fingerprint density at radius 1 is 1.29 bits per heavy atom. The Morgan fingerprint density at radius 3 is 2.81 bits per heavy atom. The first-order chi connectivity index (χ1) is 15.0. The van der Waals surface area contributed by atoms with Crippen LogP contribution in [0.2, 0.25) is 0 Å². The lowest BCUT2D eigenvalue weighted by molar-refractivity contribution is 0.223. The summed E-state index contributed by atoms with van der Waals surface area (Å²) in [6.07, 6.45) is 10.8. The van der Waals surface area contributed by atoms with Crippen molar-refractivity contribution in [3.05, 3.63) is 66.8 Å². The number of hydrogen-bond acceptors (Lipinski definition) is 7. The molecule has 0 unspecified atom stereocenters. The Labute approximate surface area is 183 Å². The van der Waals surface area contributed by atoms with Crippen molar-refractivity contribution in [2.24, 2.45) is 22.5 Å². The highest BCUT2D eigenvalue weighted by Crippen LogP contribution is 2.26. The van der Waals surface area contributed by atoms with Crippen LogP contribution in [0, 0.1) is 5.92 Å². The van der Waals surface area contributed by atoms with Crippen LogP contribution in [0.3, 0.4) is 0 Å². The predicted octanol–water partition coefficient (Wildman–Crippen LogP) is 3.29. The van der Waals surface area contributed by atoms with Crippen molar-refractivity contribution in [2.75, 3.05) is 32.0 Å². The van der Waals surface area contributed by atoms with Crippen molar-refractivity contribution in [1.82, 2.24) is 14.9 Å². The van der Waals surface area contributed by atoms with E-state index >= 15 is 0 Å². The van der Waals surface area contributed by atoms with Gasteiger partial charge in [-0.25, -0.2) is 10.8 Å². The lowest BCUT2D eigenvalue weighted by Crippen LogP contribution is -2.38. The highest BCUT2D eigenvalue weighted by Gasteiger charge is 2.22. The number of nitrogens with two attached hydrogens (primary N) is 2. The first-order valence-electron chi connectivity index (χ1n) is 10.7. The van der Waals surface area contributed by atoms with E-state index in [-0.39, 0.29) is 0 Å². The molecule has 2 aliphatic rings. The molecule has 0 spiro atoms. The fraction of sp³-hybridized carbons (Fsp3) is 0.333. The highest BCUT2D eigenvalue weighted by atomic mass is 15.4. The van der Waals surface area contributed by atoms with Gasteiger partial charge >= 0.3 is 0 Å². The van der Waals surface area contributed by atoms with Crippen LogP contribution in [-0.4, -0.2) is 47.3 Å². The van der Waals surface area contributed by atoms with Crippen molar-refractivity contribution in [3.63, 3.8) is 0 Å². The van der Waals surface area contributed by atoms with Gasteiger partial charge in [-0.1, -0.05) is 24.8 Å². The molecule has 1 saturated heterocycles. The fourth-order valence-corrected chi connectivity index (χ4v) is 4.15. The van der Waals surface area contributed by atoms with Crippen LogP contribution >= 0.6 is 0 Å². The molecular formula is C24H31N7. The molecule has 0 radical (unpaired) electrons. The number of hydrogen-bond donors (Lipinski definition) is 3. The summed E-state index contributed by atoms with van der Waals surface area (Å²) in [5, 5.41) is 7.02. The molecule has 4 rings (SSSR count). The van der Waals surface area contributed by atoms with Crippen LogP contribution in [0.4, 0.5) is 5.82 Å². The van der Waals surface area contributed by atoms with Crippen molar-refractivity contribution in [3.8, 4) is 0 Å². The van der Waals surface area contributed by atoms with Gasteiger partial charge < -0.3 is 16.1 Å². The van der Waals surface area contributed by atoms with Crippen molar-refractivity contribution in [1.29, 1.82) is 0 Å². The Bertz CT molecular complexity index is 1040. The Kier molecular flexibility index (Phi) is 6.34. The van der Waals surface area contributed by atoms with E-state index in [9.17, 15) is 0 Å². The number of hydrazine groups is 1. The van der Waals surface area contributed by atoms with Crippen LogP contribution in [0.1, 0.15) is 24.8 Å². The molecule has 1 fully saturated rings. The van der Waals surface area contributed by atoms with Crippen LogP contribution < -0.4 is 16.9 Å². The van der Waals surface area contributed by atoms with Crippen LogP contribution in [0.15, 0.2) is 66.2 Å². The molecule has 0 aliphatic carbocycles. The van der Waals surface area contributed by atoms with Crippen molar-refractivity contribution >= 4 is 28.0 Å². The molecular weight excluding hydrogens is 386 g/mol. The first kappa shape index (κ1) is 21.1. The minimum atomic E-state index is 0.447. The summed E-state index contributed by atoms with van der Waals surface area (Å²) in [7, 11) is 1.75. The first-order valence-corrected chi connectivity index (χ1v) is 10.7. The van der Waals surface area contributed by atoms with Crippen LogP contribution in [0.5, 0.6) is 0 Å². The number of fused-ring (bicyclic) bond motifs is 1. The molecule has 2 aliphatic heterocycles. The Hall–Kier alpha value is -3.16. The Morgan fingerprint density at radius 2 is 2.10 bits per heavy atom. The minimum absolute atomic E-state index is 0.447. The zero-order valence-corrected chi connectivity index (χ0v) is 18.1. The van der Waals surface area contributed by atoms with E-state index in [4.69, 9.17) is 11.6 Å². The number of likely N-dealkylation sites (tertiary alicyclic amines) is 1. The molecule has 0 amide bonds. The van der Waals surface area contributed by atoms with E-state index in [0.29, 0.717) is 11.6 Å². The maximum atomic E-state index is 6.15. The van der Waals surface area contributed by atoms with Crippen LogP contribution in [-0.2, 0) is 0 Å². The second-order valence-corrected chi connectivity index (χ2v) is 8.37. The quantitative estimate of drug-likeness (QED) is 0.473. The third-order valence-corrected chi connectivity index (χ3v) is 5.89. The molecule has 0 atom stereocenters. The number of nitrogens with zero attached hydrogens (tertiary/aromatic N) is 4. The summed E-state index contributed by atoms with van der Waals surface area (Å²) in [6, 6.07) is 8.10. The van der Waals surface area contributed by atoms with Crippen molar-refractivity contribution in [2.45, 2.75) is 19.3 Å². The maximum absolute atomic E-state index is 6.15. The van der Waals surface area contributed by atoms with E-state index in [0.717, 1.165) is 66.7 Å². The molecule has 0 saturated carbocycles. The molecule has 7 nitrogen and oxygen atoms in total. The lowest BCUT2D eigenvalue weighted by Gasteiger charge is -2.33. The molecule has 2 aromatic rings. The molecule has 1 aromatic heterocycles. The van der Waals surface area contributed by atoms with Gasteiger partial charge in [0, 0.05) is 61.3 Å². The third kappa shape index (κ3) is 5.31. The molecule has 162 valence electrons. The monoisotopic (exact) mass is 417 g/mol. The SMILES string of the molecule is C=C(Nc1cc2cc(/C(N)=C/N(C)N)ccc2cn1)C1CCN(CC2=NC=CC2)CC1. The third-order valence-electron chi connectivity index (χ3n) is 5.89. The summed E-state index contributed by atoms with van der Waals surface area (Å²) >= 11 is 0. The zero-order valence-electron chi connectivity index (χ0n) is 18.1. The summed E-state index contributed by atoms with van der Waals surface area (Å²) in [4.78, 5) is 11.5. The second-order valence-electron chi connectivity index (χ2n) is 8.37. The normalized spacial score (nSPS) is 17.7. The van der Waals surface area contributed by atoms with E-state index in [2.05, 4.69) is 38.9 Å². The van der Waals surface area contributed by atoms with Gasteiger partial charge in [-0.2, -0.15) is 0 Å². The number of anilines is 1. The van der Waals surface area contributed by atoms with Crippen molar-refractivity contribution < 1.29 is 0 Å². The van der Waals surface area contributed by atoms with Crippen LogP contribution in [0.25, 0.3) is 16.5 Å². The molecule has 31 heavy (non-hydrogen) atoms. The lowest BCUT2D eigenvalue weighted by atomic mass is 9.93. The fourth-order valence-electron chi connectivity index (χ4n) is 4.15. The smallest absolute Gasteiger partial charge is 0.130 e. The highest BCUT2D eigenvalue weighted by molar-refractivity contribution is 5.90. The molecule has 3 heterocycles. The van der Waals surface area contributed by atoms with Gasteiger partial charge in [-0.05, 0) is 49.0 Å². The Balaban J connectivity index is 1.38. The molecule has 5 N–H and O–H groups in total. The van der Waals surface area contributed by atoms with E-state index in [1.165, 1.54) is 10.7 Å². The number of benzene rings is 1. The number of allylic oxidation sites excluding steroid dienone is 2. The molecule has 1 aromatic carbocycles. The largest absolute Gasteiger partial charge is 0.397 e. The van der Waals surface area contributed by atoms with Gasteiger partial charge in [-0.3, -0.25) is 9.89 Å². The standard InChI is InChI=1S/C24H31N7/c1-17(18-7-10-31(11-8-18)15-22-4-3-9-27-22)29-24-13-21-12-19(23(25)16-30(2)26)5-6-20(21)14-28-24/h3,5-6,9,12-14,16,18H,1,4,7-8,10-11,15,25-26H2,2H3,(H,28,29)/b23-16-. The summed E-state index contributed by atoms with van der Waals surface area (Å²) in [5.41, 5.74) is 9.99. The topological polar surface area (TPSA) is 95.8 Å². The van der Waals surface area contributed by atoms with Gasteiger partial charge in [0.05, 0.1) is 5.70 Å². The number of aliphatic imine (C=N–C) groups is 1. The van der Waals surface area contributed by atoms with Gasteiger partial charge in [0.15, 0.2) is 0 Å². The summed E-state index contributed by atoms with van der Waals surface area (Å²) in [5.74, 6) is 6.93. The number of nitrogens with one attached hydrogen (secondary N) is 1. The number of rotatable bonds is 7. The summed E-state index contributed by atoms with van der Waals surface area (Å²) in [6.45, 7) is 7.43. The predicted molar refractivity (Wildman–Crippen MR) is 129 cm³/mol. The van der Waals surface area contributed by atoms with Gasteiger partial charge in [0.2, 0.25) is 0 Å². The van der Waals surface area contributed by atoms with Gasteiger partial charge in [0.25, 0.3) is 0 Å². The molecule has 7 heteroatoms. The van der Waals surface area contributed by atoms with Gasteiger partial charge in [0.1, 0.15) is 5.82 Å². The zero-order chi connectivity index (χ0) is 21.8. The summed E-state index contributed by atoms with van der Waals surface area (Å²) < 4.78 is 0. The maximum Gasteiger partial charge on any atom is 0.130 e. The second kappa shape index (κ2) is 9.32. The van der Waals surface area contributed by atoms with Gasteiger partial charge in [-0.15, -0.1) is 0 Å². The number of pyridine rings is 1. The van der Waals surface area contributed by atoms with E-state index in [1.807, 2.05) is 30.6 Å². The van der Waals surface area contributed by atoms with E-state index < -0.39 is 0 Å². The average molecular weight is 418 g/mol. The van der Waals surface area contributed by atoms with E-state index in [1.54, 1.807) is 13.2 Å². The average Bonchev–Trinajstić information content (AvgIpc) is 3.26. The number of piperidine rings is 1.